The Hall–Kier alpha value is -2.61. The van der Waals surface area contributed by atoms with Crippen LogP contribution in [0.2, 0.25) is 0 Å². The number of ether oxygens (including phenoxy) is 1. The number of anilines is 1. The molecule has 2 aromatic heterocycles. The summed E-state index contributed by atoms with van der Waals surface area (Å²) in [4.78, 5) is 4.45. The molecular formula is C19H26N4O3S. The molecule has 0 aliphatic rings. The molecule has 0 saturated heterocycles. The highest BCUT2D eigenvalue weighted by Gasteiger charge is 2.24. The second-order valence-corrected chi connectivity index (χ2v) is 8.87. The molecule has 7 nitrogen and oxygen atoms in total. The van der Waals surface area contributed by atoms with E-state index in [1.54, 1.807) is 45.3 Å². The normalized spacial score (nSPS) is 11.2. The van der Waals surface area contributed by atoms with Gasteiger partial charge in [-0.3, -0.25) is 10.1 Å². The van der Waals surface area contributed by atoms with Crippen LogP contribution in [-0.2, 0) is 9.84 Å². The number of pyridine rings is 1. The number of nitrogens with zero attached hydrogens (tertiary/aromatic N) is 2. The van der Waals surface area contributed by atoms with Gasteiger partial charge in [0, 0.05) is 36.1 Å². The first-order valence-electron chi connectivity index (χ1n) is 8.57. The van der Waals surface area contributed by atoms with E-state index in [9.17, 15) is 8.42 Å². The summed E-state index contributed by atoms with van der Waals surface area (Å²) in [6.07, 6.45) is 3.49. The maximum atomic E-state index is 12.4. The number of hydrogen-bond donors (Lipinski definition) is 2. The second-order valence-electron chi connectivity index (χ2n) is 6.40. The Balaban J connectivity index is 0.000000313. The van der Waals surface area contributed by atoms with Crippen LogP contribution < -0.4 is 10.1 Å². The minimum absolute atomic E-state index is 0.201. The van der Waals surface area contributed by atoms with Gasteiger partial charge in [0.15, 0.2) is 9.84 Å². The first-order chi connectivity index (χ1) is 12.7. The molecule has 0 aliphatic carbocycles. The molecule has 3 rings (SSSR count). The van der Waals surface area contributed by atoms with Crippen molar-refractivity contribution in [2.24, 2.45) is 0 Å². The highest BCUT2D eigenvalue weighted by Crippen LogP contribution is 2.33. The van der Waals surface area contributed by atoms with Crippen LogP contribution in [0.15, 0.2) is 35.5 Å². The van der Waals surface area contributed by atoms with E-state index in [-0.39, 0.29) is 4.90 Å². The van der Waals surface area contributed by atoms with E-state index in [1.807, 2.05) is 20.0 Å². The summed E-state index contributed by atoms with van der Waals surface area (Å²) in [5.41, 5.74) is 3.90. The van der Waals surface area contributed by atoms with E-state index in [4.69, 9.17) is 4.74 Å². The number of aromatic amines is 1. The lowest BCUT2D eigenvalue weighted by molar-refractivity contribution is 0.403. The van der Waals surface area contributed by atoms with Gasteiger partial charge in [-0.2, -0.15) is 5.10 Å². The molecule has 0 unspecified atom stereocenters. The number of fused-ring (bicyclic) bond motifs is 1. The molecule has 0 saturated carbocycles. The zero-order valence-electron chi connectivity index (χ0n) is 16.5. The van der Waals surface area contributed by atoms with Crippen molar-refractivity contribution in [2.45, 2.75) is 37.8 Å². The van der Waals surface area contributed by atoms with Gasteiger partial charge >= 0.3 is 0 Å². The minimum Gasteiger partial charge on any atom is -0.495 e. The molecule has 0 radical (unpaired) electrons. The van der Waals surface area contributed by atoms with Crippen LogP contribution in [-0.4, -0.2) is 43.0 Å². The molecular weight excluding hydrogens is 364 g/mol. The minimum atomic E-state index is -3.42. The van der Waals surface area contributed by atoms with Crippen molar-refractivity contribution in [3.8, 4) is 5.75 Å². The van der Waals surface area contributed by atoms with Crippen molar-refractivity contribution in [3.05, 3.63) is 41.9 Å². The Morgan fingerprint density at radius 1 is 1.22 bits per heavy atom. The summed E-state index contributed by atoms with van der Waals surface area (Å²) in [7, 11) is -0.169. The van der Waals surface area contributed by atoms with E-state index in [2.05, 4.69) is 20.5 Å². The predicted molar refractivity (Wildman–Crippen MR) is 108 cm³/mol. The third kappa shape index (κ3) is 4.39. The van der Waals surface area contributed by atoms with Crippen LogP contribution in [0.5, 0.6) is 5.75 Å². The number of sulfone groups is 1. The number of aryl methyl sites for hydroxylation is 2. The summed E-state index contributed by atoms with van der Waals surface area (Å²) >= 11 is 0. The highest BCUT2D eigenvalue weighted by atomic mass is 32.2. The smallest absolute Gasteiger partial charge is 0.184 e. The Morgan fingerprint density at radius 2 is 1.93 bits per heavy atom. The monoisotopic (exact) mass is 390 g/mol. The molecule has 0 fully saturated rings. The van der Waals surface area contributed by atoms with Crippen molar-refractivity contribution in [3.63, 3.8) is 0 Å². The molecule has 8 heteroatoms. The number of benzene rings is 1. The van der Waals surface area contributed by atoms with Gasteiger partial charge in [-0.05, 0) is 45.4 Å². The molecule has 0 atom stereocenters. The Kier molecular flexibility index (Phi) is 6.43. The number of H-pyrrole nitrogens is 1. The first-order valence-corrected chi connectivity index (χ1v) is 10.1. The second kappa shape index (κ2) is 8.39. The summed E-state index contributed by atoms with van der Waals surface area (Å²) in [5.74, 6) is 0.326. The van der Waals surface area contributed by atoms with Gasteiger partial charge in [-0.15, -0.1) is 0 Å². The van der Waals surface area contributed by atoms with Crippen LogP contribution in [0, 0.1) is 13.8 Å². The van der Waals surface area contributed by atoms with Crippen molar-refractivity contribution >= 4 is 26.4 Å². The molecule has 0 bridgehead atoms. The third-order valence-electron chi connectivity index (χ3n) is 4.31. The zero-order chi connectivity index (χ0) is 20.2. The van der Waals surface area contributed by atoms with Gasteiger partial charge in [0.2, 0.25) is 0 Å². The topological polar surface area (TPSA) is 97.0 Å². The van der Waals surface area contributed by atoms with Gasteiger partial charge in [-0.1, -0.05) is 0 Å². The molecule has 146 valence electrons. The summed E-state index contributed by atoms with van der Waals surface area (Å²) < 4.78 is 30.1. The van der Waals surface area contributed by atoms with Crippen LogP contribution in [0.3, 0.4) is 0 Å². The SMILES string of the molecule is CNc1ccnc2cc(OC)c(S(=O)(=O)C(C)C)cc12.Cc1cn[nH]c1C. The van der Waals surface area contributed by atoms with Gasteiger partial charge in [0.1, 0.15) is 10.6 Å². The molecule has 2 N–H and O–H groups in total. The number of aromatic nitrogens is 3. The number of rotatable bonds is 4. The Bertz CT molecular complexity index is 1010. The van der Waals surface area contributed by atoms with Crippen molar-refractivity contribution in [1.82, 2.24) is 15.2 Å². The molecule has 3 aromatic rings. The molecule has 1 aromatic carbocycles. The lowest BCUT2D eigenvalue weighted by Crippen LogP contribution is -2.15. The zero-order valence-corrected chi connectivity index (χ0v) is 17.3. The lowest BCUT2D eigenvalue weighted by atomic mass is 10.2. The van der Waals surface area contributed by atoms with Gasteiger partial charge in [0.25, 0.3) is 0 Å². The number of nitrogens with one attached hydrogen (secondary N) is 2. The van der Waals surface area contributed by atoms with E-state index in [1.165, 1.54) is 12.7 Å². The fourth-order valence-corrected chi connectivity index (χ4v) is 3.63. The fourth-order valence-electron chi connectivity index (χ4n) is 2.42. The van der Waals surface area contributed by atoms with Crippen molar-refractivity contribution in [1.29, 1.82) is 0 Å². The maximum absolute atomic E-state index is 12.4. The van der Waals surface area contributed by atoms with Crippen LogP contribution in [0.1, 0.15) is 25.1 Å². The van der Waals surface area contributed by atoms with Crippen molar-refractivity contribution < 1.29 is 13.2 Å². The molecule has 0 amide bonds. The molecule has 0 spiro atoms. The fraction of sp³-hybridized carbons (Fsp3) is 0.368. The van der Waals surface area contributed by atoms with E-state index in [0.717, 1.165) is 16.8 Å². The molecule has 0 aliphatic heterocycles. The first kappa shape index (κ1) is 20.7. The number of hydrogen-bond acceptors (Lipinski definition) is 6. The van der Waals surface area contributed by atoms with E-state index in [0.29, 0.717) is 11.3 Å². The van der Waals surface area contributed by atoms with Crippen LogP contribution in [0.25, 0.3) is 10.9 Å². The number of methoxy groups -OCH3 is 1. The van der Waals surface area contributed by atoms with Crippen LogP contribution in [0.4, 0.5) is 5.69 Å². The Morgan fingerprint density at radius 3 is 2.37 bits per heavy atom. The lowest BCUT2D eigenvalue weighted by Gasteiger charge is -2.14. The molecule has 27 heavy (non-hydrogen) atoms. The summed E-state index contributed by atoms with van der Waals surface area (Å²) in [6, 6.07) is 5.09. The maximum Gasteiger partial charge on any atom is 0.184 e. The highest BCUT2D eigenvalue weighted by molar-refractivity contribution is 7.92. The van der Waals surface area contributed by atoms with Crippen molar-refractivity contribution in [2.75, 3.05) is 19.5 Å². The standard InChI is InChI=1S/C14H18N2O3S.C5H8N2/c1-9(2)20(17,18)14-7-10-11(15-3)5-6-16-12(10)8-13(14)19-4;1-4-3-6-7-5(4)2/h5-9H,1-4H3,(H,15,16);3H,1-2H3,(H,6,7). The summed E-state index contributed by atoms with van der Waals surface area (Å²) in [5, 5.41) is 9.90. The van der Waals surface area contributed by atoms with E-state index >= 15 is 0 Å². The Labute approximate surface area is 160 Å². The largest absolute Gasteiger partial charge is 0.495 e. The quantitative estimate of drug-likeness (QED) is 0.708. The predicted octanol–water partition coefficient (Wildman–Crippen LogP) is 3.49. The van der Waals surface area contributed by atoms with Gasteiger partial charge in [-0.25, -0.2) is 8.42 Å². The third-order valence-corrected chi connectivity index (χ3v) is 6.48. The molecule has 2 heterocycles. The van der Waals surface area contributed by atoms with E-state index < -0.39 is 15.1 Å². The summed E-state index contributed by atoms with van der Waals surface area (Å²) in [6.45, 7) is 7.34. The van der Waals surface area contributed by atoms with Gasteiger partial charge < -0.3 is 10.1 Å². The average Bonchev–Trinajstić information content (AvgIpc) is 3.03. The van der Waals surface area contributed by atoms with Crippen LogP contribution >= 0.6 is 0 Å². The average molecular weight is 391 g/mol. The van der Waals surface area contributed by atoms with Gasteiger partial charge in [0.05, 0.1) is 24.1 Å².